The standard InChI is InChI=1S/C12H16ClNO3S/c13-10-6-5-7-11(14(15)16)12(10)17-8-3-1-2-4-9-18/h5-7,18H,1-4,8-9H2. The Kier molecular flexibility index (Phi) is 6.90. The number of nitro benzene ring substituents is 1. The van der Waals surface area contributed by atoms with Gasteiger partial charge in [-0.05, 0) is 24.7 Å². The molecular formula is C12H16ClNO3S. The lowest BCUT2D eigenvalue weighted by atomic mass is 10.2. The first-order chi connectivity index (χ1) is 8.66. The molecule has 18 heavy (non-hydrogen) atoms. The Hall–Kier alpha value is -0.940. The first-order valence-corrected chi connectivity index (χ1v) is 6.84. The topological polar surface area (TPSA) is 52.4 Å². The van der Waals surface area contributed by atoms with Crippen molar-refractivity contribution in [3.63, 3.8) is 0 Å². The molecule has 0 spiro atoms. The number of para-hydroxylation sites is 1. The van der Waals surface area contributed by atoms with E-state index in [2.05, 4.69) is 12.6 Å². The van der Waals surface area contributed by atoms with Crippen molar-refractivity contribution in [2.24, 2.45) is 0 Å². The molecule has 100 valence electrons. The van der Waals surface area contributed by atoms with Gasteiger partial charge in [0.1, 0.15) is 0 Å². The van der Waals surface area contributed by atoms with E-state index in [1.54, 1.807) is 12.1 Å². The minimum atomic E-state index is -0.484. The van der Waals surface area contributed by atoms with Gasteiger partial charge in [-0.3, -0.25) is 10.1 Å². The van der Waals surface area contributed by atoms with E-state index in [1.165, 1.54) is 6.07 Å². The smallest absolute Gasteiger partial charge is 0.312 e. The highest BCUT2D eigenvalue weighted by molar-refractivity contribution is 7.80. The second-order valence-corrected chi connectivity index (χ2v) is 4.69. The van der Waals surface area contributed by atoms with Crippen molar-refractivity contribution in [3.8, 4) is 5.75 Å². The van der Waals surface area contributed by atoms with Gasteiger partial charge >= 0.3 is 5.69 Å². The summed E-state index contributed by atoms with van der Waals surface area (Å²) >= 11 is 10.0. The van der Waals surface area contributed by atoms with Crippen LogP contribution in [0, 0.1) is 10.1 Å². The SMILES string of the molecule is O=[N+]([O-])c1cccc(Cl)c1OCCCCCCS. The molecule has 0 atom stereocenters. The molecule has 1 rings (SSSR count). The fourth-order valence-corrected chi connectivity index (χ4v) is 1.97. The van der Waals surface area contributed by atoms with Crippen molar-refractivity contribution >= 4 is 29.9 Å². The molecular weight excluding hydrogens is 274 g/mol. The lowest BCUT2D eigenvalue weighted by Gasteiger charge is -2.08. The molecule has 0 aliphatic heterocycles. The molecule has 4 nitrogen and oxygen atoms in total. The average molecular weight is 290 g/mol. The Morgan fingerprint density at radius 2 is 2.00 bits per heavy atom. The normalized spacial score (nSPS) is 10.3. The zero-order chi connectivity index (χ0) is 13.4. The summed E-state index contributed by atoms with van der Waals surface area (Å²) in [7, 11) is 0. The van der Waals surface area contributed by atoms with E-state index < -0.39 is 4.92 Å². The third-order valence-electron chi connectivity index (χ3n) is 2.44. The molecule has 0 unspecified atom stereocenters. The number of halogens is 1. The molecule has 0 saturated heterocycles. The lowest BCUT2D eigenvalue weighted by Crippen LogP contribution is -2.01. The molecule has 0 N–H and O–H groups in total. The van der Waals surface area contributed by atoms with E-state index in [1.807, 2.05) is 0 Å². The number of unbranched alkanes of at least 4 members (excludes halogenated alkanes) is 3. The van der Waals surface area contributed by atoms with E-state index >= 15 is 0 Å². The van der Waals surface area contributed by atoms with Crippen LogP contribution in [0.2, 0.25) is 5.02 Å². The number of thiol groups is 1. The lowest BCUT2D eigenvalue weighted by molar-refractivity contribution is -0.385. The summed E-state index contributed by atoms with van der Waals surface area (Å²) in [5.74, 6) is 1.05. The molecule has 0 aliphatic rings. The number of hydrogen-bond donors (Lipinski definition) is 1. The Morgan fingerprint density at radius 3 is 2.67 bits per heavy atom. The van der Waals surface area contributed by atoms with Crippen LogP contribution in [0.25, 0.3) is 0 Å². The highest BCUT2D eigenvalue weighted by Gasteiger charge is 2.17. The van der Waals surface area contributed by atoms with Gasteiger partial charge in [0.25, 0.3) is 0 Å². The molecule has 0 radical (unpaired) electrons. The van der Waals surface area contributed by atoms with Crippen LogP contribution < -0.4 is 4.74 Å². The molecule has 0 heterocycles. The number of nitro groups is 1. The molecule has 0 amide bonds. The van der Waals surface area contributed by atoms with Crippen LogP contribution in [0.1, 0.15) is 25.7 Å². The Bertz CT molecular complexity index is 401. The van der Waals surface area contributed by atoms with E-state index in [0.717, 1.165) is 31.4 Å². The quantitative estimate of drug-likeness (QED) is 0.339. The van der Waals surface area contributed by atoms with Crippen LogP contribution in [-0.4, -0.2) is 17.3 Å². The van der Waals surface area contributed by atoms with Gasteiger partial charge in [-0.25, -0.2) is 0 Å². The van der Waals surface area contributed by atoms with E-state index in [4.69, 9.17) is 16.3 Å². The zero-order valence-corrected chi connectivity index (χ0v) is 11.6. The number of nitrogens with zero attached hydrogens (tertiary/aromatic N) is 1. The predicted molar refractivity (Wildman–Crippen MR) is 75.9 cm³/mol. The summed E-state index contributed by atoms with van der Waals surface area (Å²) in [6.45, 7) is 0.442. The summed E-state index contributed by atoms with van der Waals surface area (Å²) < 4.78 is 5.42. The van der Waals surface area contributed by atoms with Crippen molar-refractivity contribution < 1.29 is 9.66 Å². The van der Waals surface area contributed by atoms with E-state index in [0.29, 0.717) is 6.61 Å². The van der Waals surface area contributed by atoms with Crippen molar-refractivity contribution in [3.05, 3.63) is 33.3 Å². The first kappa shape index (κ1) is 15.1. The summed E-state index contributed by atoms with van der Waals surface area (Å²) in [5, 5.41) is 11.1. The first-order valence-electron chi connectivity index (χ1n) is 5.83. The second-order valence-electron chi connectivity index (χ2n) is 3.83. The van der Waals surface area contributed by atoms with Crippen LogP contribution in [0.15, 0.2) is 18.2 Å². The van der Waals surface area contributed by atoms with Crippen LogP contribution >= 0.6 is 24.2 Å². The van der Waals surface area contributed by atoms with Crippen molar-refractivity contribution in [1.29, 1.82) is 0 Å². The highest BCUT2D eigenvalue weighted by atomic mass is 35.5. The van der Waals surface area contributed by atoms with Gasteiger partial charge in [0.05, 0.1) is 16.6 Å². The summed E-state index contributed by atoms with van der Waals surface area (Å²) in [5.41, 5.74) is -0.0853. The molecule has 0 aromatic heterocycles. The molecule has 1 aromatic carbocycles. The van der Waals surface area contributed by atoms with Crippen molar-refractivity contribution in [1.82, 2.24) is 0 Å². The maximum absolute atomic E-state index is 10.8. The molecule has 0 fully saturated rings. The van der Waals surface area contributed by atoms with Gasteiger partial charge in [-0.1, -0.05) is 30.5 Å². The van der Waals surface area contributed by atoms with Crippen LogP contribution in [-0.2, 0) is 0 Å². The third-order valence-corrected chi connectivity index (χ3v) is 3.06. The van der Waals surface area contributed by atoms with Crippen molar-refractivity contribution in [2.75, 3.05) is 12.4 Å². The molecule has 0 bridgehead atoms. The van der Waals surface area contributed by atoms with Crippen molar-refractivity contribution in [2.45, 2.75) is 25.7 Å². The maximum atomic E-state index is 10.8. The number of ether oxygens (including phenoxy) is 1. The summed E-state index contributed by atoms with van der Waals surface area (Å²) in [6.07, 6.45) is 4.06. The van der Waals surface area contributed by atoms with Crippen LogP contribution in [0.3, 0.4) is 0 Å². The van der Waals surface area contributed by atoms with Crippen LogP contribution in [0.4, 0.5) is 5.69 Å². The largest absolute Gasteiger partial charge is 0.486 e. The molecule has 1 aromatic rings. The van der Waals surface area contributed by atoms with E-state index in [-0.39, 0.29) is 16.5 Å². The Morgan fingerprint density at radius 1 is 1.28 bits per heavy atom. The molecule has 0 saturated carbocycles. The highest BCUT2D eigenvalue weighted by Crippen LogP contribution is 2.34. The third kappa shape index (κ3) is 4.74. The van der Waals surface area contributed by atoms with Gasteiger partial charge < -0.3 is 4.74 Å². The monoisotopic (exact) mass is 289 g/mol. The minimum Gasteiger partial charge on any atom is -0.486 e. The van der Waals surface area contributed by atoms with Gasteiger partial charge in [-0.2, -0.15) is 12.6 Å². The van der Waals surface area contributed by atoms with Crippen LogP contribution in [0.5, 0.6) is 5.75 Å². The maximum Gasteiger partial charge on any atom is 0.312 e. The minimum absolute atomic E-state index is 0.0853. The Balaban J connectivity index is 2.48. The number of benzene rings is 1. The Labute approximate surface area is 117 Å². The predicted octanol–water partition coefficient (Wildman–Crippen LogP) is 4.12. The zero-order valence-electron chi connectivity index (χ0n) is 9.97. The molecule has 0 aliphatic carbocycles. The van der Waals surface area contributed by atoms with Gasteiger partial charge in [0.15, 0.2) is 0 Å². The van der Waals surface area contributed by atoms with Gasteiger partial charge in [0.2, 0.25) is 5.75 Å². The van der Waals surface area contributed by atoms with Gasteiger partial charge in [-0.15, -0.1) is 0 Å². The van der Waals surface area contributed by atoms with E-state index in [9.17, 15) is 10.1 Å². The number of rotatable bonds is 8. The summed E-state index contributed by atoms with van der Waals surface area (Å²) in [4.78, 5) is 10.3. The number of hydrogen-bond acceptors (Lipinski definition) is 4. The fraction of sp³-hybridized carbons (Fsp3) is 0.500. The van der Waals surface area contributed by atoms with Gasteiger partial charge in [0, 0.05) is 6.07 Å². The fourth-order valence-electron chi connectivity index (χ4n) is 1.53. The second kappa shape index (κ2) is 8.21. The average Bonchev–Trinajstić information content (AvgIpc) is 2.34. The summed E-state index contributed by atoms with van der Waals surface area (Å²) in [6, 6.07) is 4.52. The molecule has 6 heteroatoms.